The van der Waals surface area contributed by atoms with E-state index in [2.05, 4.69) is 97.3 Å². The standard InChI is InChI=1S/C31H23N3/c1-31(2)27-17-23(34-28-9-5-3-7-24(28)25-8-4-6-10-29(25)34)16-15-20(27)11-12-21-13-14-22(18-32)26(19-33)30(21)31/h3-10,13-17H,11-12H2,1-2H3. The van der Waals surface area contributed by atoms with Gasteiger partial charge < -0.3 is 4.57 Å². The number of nitriles is 2. The summed E-state index contributed by atoms with van der Waals surface area (Å²) in [5.74, 6) is 0. The Hall–Kier alpha value is -4.34. The first kappa shape index (κ1) is 20.3. The summed E-state index contributed by atoms with van der Waals surface area (Å²) < 4.78 is 2.34. The van der Waals surface area contributed by atoms with Gasteiger partial charge in [-0.1, -0.05) is 62.4 Å². The van der Waals surface area contributed by atoms with Crippen LogP contribution in [-0.4, -0.2) is 4.57 Å². The molecule has 5 aromatic rings. The van der Waals surface area contributed by atoms with Crippen molar-refractivity contribution in [3.05, 3.63) is 112 Å². The van der Waals surface area contributed by atoms with Gasteiger partial charge in [-0.15, -0.1) is 0 Å². The molecule has 0 bridgehead atoms. The monoisotopic (exact) mass is 437 g/mol. The quantitative estimate of drug-likeness (QED) is 0.285. The Morgan fingerprint density at radius 2 is 1.35 bits per heavy atom. The lowest BCUT2D eigenvalue weighted by molar-refractivity contribution is 0.634. The molecule has 3 heteroatoms. The SMILES string of the molecule is CC1(C)c2cc(-n3c4ccccc4c4ccccc43)ccc2CCc2ccc(C#N)c(C#N)c21. The average molecular weight is 438 g/mol. The summed E-state index contributed by atoms with van der Waals surface area (Å²) in [4.78, 5) is 0. The van der Waals surface area contributed by atoms with Crippen molar-refractivity contribution in [3.8, 4) is 17.8 Å². The zero-order valence-corrected chi connectivity index (χ0v) is 19.3. The highest BCUT2D eigenvalue weighted by atomic mass is 15.0. The van der Waals surface area contributed by atoms with Crippen LogP contribution in [0.5, 0.6) is 0 Å². The Bertz CT molecular complexity index is 1650. The first-order valence-electron chi connectivity index (χ1n) is 11.6. The summed E-state index contributed by atoms with van der Waals surface area (Å²) in [6.45, 7) is 4.38. The Kier molecular flexibility index (Phi) is 4.38. The first-order chi connectivity index (χ1) is 16.5. The second-order valence-corrected chi connectivity index (χ2v) is 9.58. The third-order valence-electron chi connectivity index (χ3n) is 7.42. The number of fused-ring (bicyclic) bond motifs is 5. The van der Waals surface area contributed by atoms with Gasteiger partial charge in [0, 0.05) is 21.9 Å². The second kappa shape index (κ2) is 7.34. The van der Waals surface area contributed by atoms with Crippen molar-refractivity contribution >= 4 is 21.8 Å². The minimum Gasteiger partial charge on any atom is -0.309 e. The molecule has 0 saturated heterocycles. The summed E-state index contributed by atoms with van der Waals surface area (Å²) in [5, 5.41) is 22.1. The summed E-state index contributed by atoms with van der Waals surface area (Å²) >= 11 is 0. The largest absolute Gasteiger partial charge is 0.309 e. The van der Waals surface area contributed by atoms with Crippen molar-refractivity contribution < 1.29 is 0 Å². The molecule has 1 aliphatic rings. The molecule has 3 nitrogen and oxygen atoms in total. The van der Waals surface area contributed by atoms with E-state index < -0.39 is 5.41 Å². The fourth-order valence-electron chi connectivity index (χ4n) is 5.89. The number of para-hydroxylation sites is 2. The zero-order valence-electron chi connectivity index (χ0n) is 19.3. The molecular weight excluding hydrogens is 414 g/mol. The van der Waals surface area contributed by atoms with E-state index in [1.807, 2.05) is 6.07 Å². The number of benzene rings is 4. The highest BCUT2D eigenvalue weighted by molar-refractivity contribution is 6.09. The number of aryl methyl sites for hydroxylation is 2. The minimum absolute atomic E-state index is 0.409. The Balaban J connectivity index is 1.65. The topological polar surface area (TPSA) is 52.5 Å². The molecule has 0 unspecified atom stereocenters. The van der Waals surface area contributed by atoms with Gasteiger partial charge in [-0.2, -0.15) is 10.5 Å². The normalized spacial score (nSPS) is 14.1. The predicted molar refractivity (Wildman–Crippen MR) is 136 cm³/mol. The van der Waals surface area contributed by atoms with E-state index in [0.717, 1.165) is 29.7 Å². The molecule has 34 heavy (non-hydrogen) atoms. The minimum atomic E-state index is -0.409. The molecule has 0 radical (unpaired) electrons. The third-order valence-corrected chi connectivity index (χ3v) is 7.42. The van der Waals surface area contributed by atoms with E-state index in [1.54, 1.807) is 6.07 Å². The van der Waals surface area contributed by atoms with Gasteiger partial charge in [0.05, 0.1) is 22.2 Å². The van der Waals surface area contributed by atoms with Crippen molar-refractivity contribution in [3.63, 3.8) is 0 Å². The van der Waals surface area contributed by atoms with Gasteiger partial charge in [-0.05, 0) is 65.4 Å². The van der Waals surface area contributed by atoms with E-state index in [-0.39, 0.29) is 0 Å². The third kappa shape index (κ3) is 2.74. The molecule has 1 heterocycles. The summed E-state index contributed by atoms with van der Waals surface area (Å²) in [5.41, 5.74) is 8.71. The molecule has 0 saturated carbocycles. The van der Waals surface area contributed by atoms with Crippen LogP contribution in [0.3, 0.4) is 0 Å². The van der Waals surface area contributed by atoms with Crippen LogP contribution < -0.4 is 0 Å². The van der Waals surface area contributed by atoms with Gasteiger partial charge in [0.15, 0.2) is 0 Å². The molecule has 1 aliphatic carbocycles. The van der Waals surface area contributed by atoms with Crippen molar-refractivity contribution in [2.24, 2.45) is 0 Å². The van der Waals surface area contributed by atoms with Crippen LogP contribution in [0.15, 0.2) is 78.9 Å². The number of hydrogen-bond acceptors (Lipinski definition) is 2. The molecule has 0 atom stereocenters. The fraction of sp³-hybridized carbons (Fsp3) is 0.161. The average Bonchev–Trinajstić information content (AvgIpc) is 3.15. The Morgan fingerprint density at radius 3 is 2.00 bits per heavy atom. The highest BCUT2D eigenvalue weighted by Crippen LogP contribution is 2.43. The zero-order chi connectivity index (χ0) is 23.4. The van der Waals surface area contributed by atoms with Gasteiger partial charge in [0.25, 0.3) is 0 Å². The molecule has 4 aromatic carbocycles. The maximum absolute atomic E-state index is 10.0. The predicted octanol–water partition coefficient (Wildman–Crippen LogP) is 6.95. The van der Waals surface area contributed by atoms with E-state index in [1.165, 1.54) is 32.9 Å². The molecule has 1 aromatic heterocycles. The number of rotatable bonds is 1. The van der Waals surface area contributed by atoms with Crippen LogP contribution in [0.2, 0.25) is 0 Å². The lowest BCUT2D eigenvalue weighted by atomic mass is 9.73. The molecule has 0 spiro atoms. The maximum atomic E-state index is 10.0. The van der Waals surface area contributed by atoms with Gasteiger partial charge in [-0.25, -0.2) is 0 Å². The maximum Gasteiger partial charge on any atom is 0.101 e. The van der Waals surface area contributed by atoms with Crippen molar-refractivity contribution in [2.75, 3.05) is 0 Å². The van der Waals surface area contributed by atoms with Crippen LogP contribution in [0.1, 0.15) is 47.2 Å². The lowest BCUT2D eigenvalue weighted by Crippen LogP contribution is -2.23. The Morgan fingerprint density at radius 1 is 0.735 bits per heavy atom. The van der Waals surface area contributed by atoms with Crippen molar-refractivity contribution in [1.82, 2.24) is 4.57 Å². The molecule has 162 valence electrons. The van der Waals surface area contributed by atoms with Gasteiger partial charge in [0.1, 0.15) is 12.1 Å². The smallest absolute Gasteiger partial charge is 0.101 e. The summed E-state index contributed by atoms with van der Waals surface area (Å²) in [7, 11) is 0. The van der Waals surface area contributed by atoms with Crippen molar-refractivity contribution in [1.29, 1.82) is 10.5 Å². The van der Waals surface area contributed by atoms with Crippen LogP contribution in [0.4, 0.5) is 0 Å². The highest BCUT2D eigenvalue weighted by Gasteiger charge is 2.34. The first-order valence-corrected chi connectivity index (χ1v) is 11.6. The Labute approximate surface area is 199 Å². The summed E-state index contributed by atoms with van der Waals surface area (Å²) in [6.07, 6.45) is 1.77. The van der Waals surface area contributed by atoms with Gasteiger partial charge in [0.2, 0.25) is 0 Å². The van der Waals surface area contributed by atoms with Crippen LogP contribution in [0.25, 0.3) is 27.5 Å². The molecule has 6 rings (SSSR count). The number of hydrogen-bond donors (Lipinski definition) is 0. The molecular formula is C31H23N3. The van der Waals surface area contributed by atoms with E-state index in [0.29, 0.717) is 11.1 Å². The number of aromatic nitrogens is 1. The molecule has 0 N–H and O–H groups in total. The second-order valence-electron chi connectivity index (χ2n) is 9.58. The number of nitrogens with zero attached hydrogens (tertiary/aromatic N) is 3. The molecule has 0 fully saturated rings. The van der Waals surface area contributed by atoms with Crippen LogP contribution >= 0.6 is 0 Å². The van der Waals surface area contributed by atoms with E-state index in [4.69, 9.17) is 0 Å². The lowest BCUT2D eigenvalue weighted by Gasteiger charge is -2.30. The van der Waals surface area contributed by atoms with Crippen LogP contribution in [-0.2, 0) is 18.3 Å². The van der Waals surface area contributed by atoms with Gasteiger partial charge in [-0.3, -0.25) is 0 Å². The van der Waals surface area contributed by atoms with Gasteiger partial charge >= 0.3 is 0 Å². The van der Waals surface area contributed by atoms with Crippen LogP contribution in [0, 0.1) is 22.7 Å². The fourth-order valence-corrected chi connectivity index (χ4v) is 5.89. The van der Waals surface area contributed by atoms with E-state index in [9.17, 15) is 10.5 Å². The summed E-state index contributed by atoms with van der Waals surface area (Å²) in [6, 6.07) is 32.2. The van der Waals surface area contributed by atoms with E-state index >= 15 is 0 Å². The van der Waals surface area contributed by atoms with Crippen molar-refractivity contribution in [2.45, 2.75) is 32.1 Å². The molecule has 0 aliphatic heterocycles. The molecule has 0 amide bonds.